The van der Waals surface area contributed by atoms with Gasteiger partial charge in [-0.1, -0.05) is 42.5 Å². The van der Waals surface area contributed by atoms with Gasteiger partial charge in [0.15, 0.2) is 0 Å². The zero-order valence-electron chi connectivity index (χ0n) is 14.4. The first-order valence-electron chi connectivity index (χ1n) is 8.23. The van der Waals surface area contributed by atoms with E-state index in [-0.39, 0.29) is 11.8 Å². The van der Waals surface area contributed by atoms with Crippen molar-refractivity contribution < 1.29 is 4.79 Å². The van der Waals surface area contributed by atoms with E-state index in [2.05, 4.69) is 27.6 Å². The van der Waals surface area contributed by atoms with Gasteiger partial charge in [0.1, 0.15) is 0 Å². The number of amides is 1. The van der Waals surface area contributed by atoms with Gasteiger partial charge in [0.2, 0.25) is 5.91 Å². The van der Waals surface area contributed by atoms with E-state index in [1.54, 1.807) is 0 Å². The Morgan fingerprint density at radius 2 is 1.75 bits per heavy atom. The van der Waals surface area contributed by atoms with Crippen LogP contribution >= 0.6 is 0 Å². The summed E-state index contributed by atoms with van der Waals surface area (Å²) in [6, 6.07) is 18.3. The maximum absolute atomic E-state index is 12.2. The molecule has 0 aliphatic heterocycles. The molecule has 0 bridgehead atoms. The molecule has 0 aromatic heterocycles. The van der Waals surface area contributed by atoms with Crippen LogP contribution in [0.1, 0.15) is 30.4 Å². The molecule has 0 heterocycles. The fraction of sp³-hybridized carbons (Fsp3) is 0.300. The molecule has 2 aromatic rings. The molecule has 4 heteroatoms. The fourth-order valence-electron chi connectivity index (χ4n) is 2.84. The van der Waals surface area contributed by atoms with Gasteiger partial charge in [-0.2, -0.15) is 5.10 Å². The predicted octanol–water partition coefficient (Wildman–Crippen LogP) is 3.40. The molecule has 1 N–H and O–H groups in total. The Bertz CT molecular complexity index is 735. The van der Waals surface area contributed by atoms with Gasteiger partial charge < -0.3 is 4.90 Å². The van der Waals surface area contributed by atoms with Gasteiger partial charge in [-0.25, -0.2) is 5.43 Å². The lowest BCUT2D eigenvalue weighted by molar-refractivity contribution is -0.122. The highest BCUT2D eigenvalue weighted by Crippen LogP contribution is 2.47. The summed E-state index contributed by atoms with van der Waals surface area (Å²) in [7, 11) is 4.02. The molecule has 2 atom stereocenters. The highest BCUT2D eigenvalue weighted by Gasteiger charge is 2.43. The summed E-state index contributed by atoms with van der Waals surface area (Å²) in [5.41, 5.74) is 6.91. The molecule has 1 amide bonds. The number of carbonyl (C=O) groups is 1. The zero-order chi connectivity index (χ0) is 17.1. The van der Waals surface area contributed by atoms with Crippen LogP contribution in [0, 0.1) is 5.92 Å². The fourth-order valence-corrected chi connectivity index (χ4v) is 2.84. The second-order valence-electron chi connectivity index (χ2n) is 6.47. The first kappa shape index (κ1) is 16.2. The highest BCUT2D eigenvalue weighted by atomic mass is 16.2. The molecule has 0 radical (unpaired) electrons. The molecule has 0 saturated heterocycles. The maximum atomic E-state index is 12.2. The Morgan fingerprint density at radius 1 is 1.08 bits per heavy atom. The lowest BCUT2D eigenvalue weighted by Gasteiger charge is -2.12. The predicted molar refractivity (Wildman–Crippen MR) is 98.4 cm³/mol. The summed E-state index contributed by atoms with van der Waals surface area (Å²) in [5.74, 6) is 0.384. The standard InChI is InChI=1S/C20H23N3O/c1-14(15-9-11-17(12-10-15)23(2)3)21-22-20(24)19-13-18(19)16-7-5-4-6-8-16/h4-12,18-19H,13H2,1-3H3,(H,22,24)/b21-14+. The average Bonchev–Trinajstić information content (AvgIpc) is 3.41. The molecule has 1 aliphatic carbocycles. The number of benzene rings is 2. The Morgan fingerprint density at radius 3 is 2.38 bits per heavy atom. The van der Waals surface area contributed by atoms with Gasteiger partial charge >= 0.3 is 0 Å². The van der Waals surface area contributed by atoms with E-state index in [0.29, 0.717) is 5.92 Å². The third kappa shape index (κ3) is 3.65. The Hall–Kier alpha value is -2.62. The van der Waals surface area contributed by atoms with Crippen LogP contribution in [0.4, 0.5) is 5.69 Å². The Balaban J connectivity index is 1.58. The van der Waals surface area contributed by atoms with E-state index in [1.807, 2.05) is 63.5 Å². The lowest BCUT2D eigenvalue weighted by atomic mass is 10.1. The molecule has 1 fully saturated rings. The van der Waals surface area contributed by atoms with Gasteiger partial charge in [0, 0.05) is 25.7 Å². The van der Waals surface area contributed by atoms with Crippen molar-refractivity contribution >= 4 is 17.3 Å². The molecule has 0 spiro atoms. The minimum Gasteiger partial charge on any atom is -0.378 e. The summed E-state index contributed by atoms with van der Waals surface area (Å²) >= 11 is 0. The molecular weight excluding hydrogens is 298 g/mol. The van der Waals surface area contributed by atoms with Crippen molar-refractivity contribution in [1.82, 2.24) is 5.43 Å². The number of hydrogen-bond acceptors (Lipinski definition) is 3. The molecule has 1 aliphatic rings. The van der Waals surface area contributed by atoms with Gasteiger partial charge in [0.25, 0.3) is 0 Å². The van der Waals surface area contributed by atoms with Gasteiger partial charge in [0.05, 0.1) is 5.71 Å². The van der Waals surface area contributed by atoms with Crippen molar-refractivity contribution in [2.24, 2.45) is 11.0 Å². The Kier molecular flexibility index (Phi) is 4.65. The van der Waals surface area contributed by atoms with Crippen molar-refractivity contribution in [1.29, 1.82) is 0 Å². The number of rotatable bonds is 5. The molecule has 2 aromatic carbocycles. The molecule has 124 valence electrons. The van der Waals surface area contributed by atoms with Gasteiger partial charge in [-0.15, -0.1) is 0 Å². The summed E-state index contributed by atoms with van der Waals surface area (Å²) in [6.07, 6.45) is 0.905. The van der Waals surface area contributed by atoms with Crippen molar-refractivity contribution in [2.45, 2.75) is 19.3 Å². The topological polar surface area (TPSA) is 44.7 Å². The van der Waals surface area contributed by atoms with E-state index in [0.717, 1.165) is 23.4 Å². The SMILES string of the molecule is C/C(=N\NC(=O)C1CC1c1ccccc1)c1ccc(N(C)C)cc1. The molecule has 3 rings (SSSR count). The van der Waals surface area contributed by atoms with Crippen LogP contribution in [0.2, 0.25) is 0 Å². The number of nitrogens with zero attached hydrogens (tertiary/aromatic N) is 2. The minimum absolute atomic E-state index is 0.00751. The van der Waals surface area contributed by atoms with Crippen LogP contribution in [0.5, 0.6) is 0 Å². The van der Waals surface area contributed by atoms with Crippen LogP contribution < -0.4 is 10.3 Å². The summed E-state index contributed by atoms with van der Waals surface area (Å²) in [4.78, 5) is 14.3. The van der Waals surface area contributed by atoms with E-state index in [1.165, 1.54) is 5.56 Å². The largest absolute Gasteiger partial charge is 0.378 e. The summed E-state index contributed by atoms with van der Waals surface area (Å²) in [6.45, 7) is 1.91. The van der Waals surface area contributed by atoms with E-state index >= 15 is 0 Å². The smallest absolute Gasteiger partial charge is 0.243 e. The number of hydrazone groups is 1. The van der Waals surface area contributed by atoms with Crippen molar-refractivity contribution in [3.8, 4) is 0 Å². The van der Waals surface area contributed by atoms with Crippen LogP contribution in [0.3, 0.4) is 0 Å². The second-order valence-corrected chi connectivity index (χ2v) is 6.47. The minimum atomic E-state index is 0.00751. The zero-order valence-corrected chi connectivity index (χ0v) is 14.4. The first-order valence-corrected chi connectivity index (χ1v) is 8.23. The van der Waals surface area contributed by atoms with Gasteiger partial charge in [-0.3, -0.25) is 4.79 Å². The first-order chi connectivity index (χ1) is 11.6. The maximum Gasteiger partial charge on any atom is 0.243 e. The third-order valence-electron chi connectivity index (χ3n) is 4.49. The quantitative estimate of drug-likeness (QED) is 0.677. The Labute approximate surface area is 143 Å². The third-order valence-corrected chi connectivity index (χ3v) is 4.49. The highest BCUT2D eigenvalue weighted by molar-refractivity contribution is 5.99. The van der Waals surface area contributed by atoms with Crippen molar-refractivity contribution in [3.05, 3.63) is 65.7 Å². The van der Waals surface area contributed by atoms with E-state index < -0.39 is 0 Å². The van der Waals surface area contributed by atoms with Crippen LogP contribution in [-0.4, -0.2) is 25.7 Å². The molecule has 2 unspecified atom stereocenters. The summed E-state index contributed by atoms with van der Waals surface area (Å²) in [5, 5.41) is 4.26. The summed E-state index contributed by atoms with van der Waals surface area (Å²) < 4.78 is 0. The van der Waals surface area contributed by atoms with Crippen molar-refractivity contribution in [3.63, 3.8) is 0 Å². The van der Waals surface area contributed by atoms with Crippen LogP contribution in [0.15, 0.2) is 59.7 Å². The van der Waals surface area contributed by atoms with Crippen LogP contribution in [0.25, 0.3) is 0 Å². The number of anilines is 1. The number of nitrogens with one attached hydrogen (secondary N) is 1. The molecular formula is C20H23N3O. The number of carbonyl (C=O) groups excluding carboxylic acids is 1. The van der Waals surface area contributed by atoms with Gasteiger partial charge in [-0.05, 0) is 42.5 Å². The molecule has 1 saturated carbocycles. The molecule has 24 heavy (non-hydrogen) atoms. The molecule has 4 nitrogen and oxygen atoms in total. The number of hydrogen-bond donors (Lipinski definition) is 1. The normalized spacial score (nSPS) is 19.7. The monoisotopic (exact) mass is 321 g/mol. The second kappa shape index (κ2) is 6.87. The van der Waals surface area contributed by atoms with E-state index in [4.69, 9.17) is 0 Å². The average molecular weight is 321 g/mol. The lowest BCUT2D eigenvalue weighted by Crippen LogP contribution is -2.21. The van der Waals surface area contributed by atoms with Crippen molar-refractivity contribution in [2.75, 3.05) is 19.0 Å². The van der Waals surface area contributed by atoms with E-state index in [9.17, 15) is 4.79 Å². The van der Waals surface area contributed by atoms with Crippen LogP contribution in [-0.2, 0) is 4.79 Å².